The highest BCUT2D eigenvalue weighted by Gasteiger charge is 2.09. The smallest absolute Gasteiger partial charge is 0.0458 e. The van der Waals surface area contributed by atoms with Crippen LogP contribution in [0.2, 0.25) is 0 Å². The predicted molar refractivity (Wildman–Crippen MR) is 68.5 cm³/mol. The second kappa shape index (κ2) is 5.01. The van der Waals surface area contributed by atoms with Crippen molar-refractivity contribution in [2.24, 2.45) is 0 Å². The van der Waals surface area contributed by atoms with Gasteiger partial charge in [-0.25, -0.2) is 0 Å². The van der Waals surface area contributed by atoms with Crippen molar-refractivity contribution in [3.63, 3.8) is 0 Å². The molecule has 0 saturated carbocycles. The van der Waals surface area contributed by atoms with E-state index < -0.39 is 0 Å². The van der Waals surface area contributed by atoms with Crippen LogP contribution in [0.4, 0.5) is 0 Å². The molecule has 1 nitrogen and oxygen atoms in total. The van der Waals surface area contributed by atoms with Crippen LogP contribution in [0.15, 0.2) is 24.3 Å². The van der Waals surface area contributed by atoms with Crippen molar-refractivity contribution in [1.29, 1.82) is 0 Å². The first-order valence-corrected chi connectivity index (χ1v) is 5.77. The number of nitrogens with one attached hydrogen (secondary N) is 1. The zero-order valence-electron chi connectivity index (χ0n) is 10.4. The summed E-state index contributed by atoms with van der Waals surface area (Å²) in [5, 5.41) is 1.37. The van der Waals surface area contributed by atoms with E-state index in [1.807, 2.05) is 13.8 Å². The van der Waals surface area contributed by atoms with E-state index in [0.29, 0.717) is 5.92 Å². The summed E-state index contributed by atoms with van der Waals surface area (Å²) in [5.41, 5.74) is 4.01. The van der Waals surface area contributed by atoms with Crippen LogP contribution in [-0.2, 0) is 0 Å². The van der Waals surface area contributed by atoms with Crippen LogP contribution in [0.5, 0.6) is 0 Å². The Labute approximate surface area is 92.5 Å². The molecule has 0 spiro atoms. The monoisotopic (exact) mass is 203 g/mol. The zero-order chi connectivity index (χ0) is 11.4. The molecule has 15 heavy (non-hydrogen) atoms. The Morgan fingerprint density at radius 1 is 1.07 bits per heavy atom. The standard InChI is InChI=1S/C12H15N.C2H6/c1-8(2)12-9(3)13-11-7-5-4-6-10(11)12;1-2/h4-8,13H,1-3H3;1-2H3. The minimum absolute atomic E-state index is 0.594. The third-order valence-corrected chi connectivity index (χ3v) is 2.52. The first kappa shape index (κ1) is 11.8. The van der Waals surface area contributed by atoms with E-state index in [2.05, 4.69) is 50.0 Å². The summed E-state index contributed by atoms with van der Waals surface area (Å²) in [6, 6.07) is 8.49. The number of para-hydroxylation sites is 1. The lowest BCUT2D eigenvalue weighted by atomic mass is 10.00. The summed E-state index contributed by atoms with van der Waals surface area (Å²) < 4.78 is 0. The van der Waals surface area contributed by atoms with Crippen molar-refractivity contribution in [1.82, 2.24) is 4.98 Å². The molecule has 0 aliphatic rings. The molecule has 0 radical (unpaired) electrons. The van der Waals surface area contributed by atoms with Gasteiger partial charge in [-0.05, 0) is 24.5 Å². The van der Waals surface area contributed by atoms with Crippen molar-refractivity contribution in [3.05, 3.63) is 35.5 Å². The van der Waals surface area contributed by atoms with Crippen LogP contribution in [0.3, 0.4) is 0 Å². The Bertz CT molecular complexity index is 424. The molecule has 0 aliphatic carbocycles. The molecule has 0 saturated heterocycles. The second-order valence-electron chi connectivity index (χ2n) is 3.86. The lowest BCUT2D eigenvalue weighted by molar-refractivity contribution is 0.864. The largest absolute Gasteiger partial charge is 0.358 e. The maximum absolute atomic E-state index is 3.41. The molecule has 1 aromatic carbocycles. The normalized spacial score (nSPS) is 10.3. The molecular weight excluding hydrogens is 182 g/mol. The Kier molecular flexibility index (Phi) is 3.96. The number of H-pyrrole nitrogens is 1. The van der Waals surface area contributed by atoms with Gasteiger partial charge in [0, 0.05) is 16.6 Å². The van der Waals surface area contributed by atoms with Gasteiger partial charge in [-0.1, -0.05) is 45.9 Å². The first-order chi connectivity index (χ1) is 7.20. The van der Waals surface area contributed by atoms with Crippen molar-refractivity contribution >= 4 is 10.9 Å². The van der Waals surface area contributed by atoms with E-state index >= 15 is 0 Å². The van der Waals surface area contributed by atoms with Crippen LogP contribution in [0.1, 0.15) is 44.9 Å². The summed E-state index contributed by atoms with van der Waals surface area (Å²) in [4.78, 5) is 3.41. The molecule has 1 heteroatoms. The Balaban J connectivity index is 0.000000531. The van der Waals surface area contributed by atoms with Gasteiger partial charge < -0.3 is 4.98 Å². The van der Waals surface area contributed by atoms with Crippen molar-refractivity contribution in [2.45, 2.75) is 40.5 Å². The number of aromatic amines is 1. The SMILES string of the molecule is CC.Cc1[nH]c2ccccc2c1C(C)C. The minimum Gasteiger partial charge on any atom is -0.358 e. The number of fused-ring (bicyclic) bond motifs is 1. The third-order valence-electron chi connectivity index (χ3n) is 2.52. The zero-order valence-corrected chi connectivity index (χ0v) is 10.4. The van der Waals surface area contributed by atoms with Crippen molar-refractivity contribution in [3.8, 4) is 0 Å². The molecule has 0 unspecified atom stereocenters. The molecular formula is C14H21N. The first-order valence-electron chi connectivity index (χ1n) is 5.77. The maximum Gasteiger partial charge on any atom is 0.0458 e. The van der Waals surface area contributed by atoms with E-state index in [-0.39, 0.29) is 0 Å². The molecule has 0 amide bonds. The quantitative estimate of drug-likeness (QED) is 0.695. The lowest BCUT2D eigenvalue weighted by Gasteiger charge is -2.04. The predicted octanol–water partition coefficient (Wildman–Crippen LogP) is 4.63. The topological polar surface area (TPSA) is 15.8 Å². The van der Waals surface area contributed by atoms with Gasteiger partial charge in [0.15, 0.2) is 0 Å². The number of hydrogen-bond donors (Lipinski definition) is 1. The van der Waals surface area contributed by atoms with E-state index in [0.717, 1.165) is 0 Å². The number of benzene rings is 1. The van der Waals surface area contributed by atoms with Crippen LogP contribution >= 0.6 is 0 Å². The molecule has 0 aliphatic heterocycles. The molecule has 1 heterocycles. The van der Waals surface area contributed by atoms with E-state index in [1.165, 1.54) is 22.2 Å². The number of aromatic nitrogens is 1. The summed E-state index contributed by atoms with van der Waals surface area (Å²) in [7, 11) is 0. The van der Waals surface area contributed by atoms with Crippen LogP contribution in [0.25, 0.3) is 10.9 Å². The fourth-order valence-electron chi connectivity index (χ4n) is 2.04. The summed E-state index contributed by atoms with van der Waals surface area (Å²) in [5.74, 6) is 0.594. The molecule has 0 atom stereocenters. The molecule has 2 rings (SSSR count). The average Bonchev–Trinajstić information content (AvgIpc) is 2.56. The second-order valence-corrected chi connectivity index (χ2v) is 3.86. The number of hydrogen-bond acceptors (Lipinski definition) is 0. The highest BCUT2D eigenvalue weighted by atomic mass is 14.7. The highest BCUT2D eigenvalue weighted by Crippen LogP contribution is 2.28. The van der Waals surface area contributed by atoms with Crippen molar-refractivity contribution in [2.75, 3.05) is 0 Å². The molecule has 1 N–H and O–H groups in total. The van der Waals surface area contributed by atoms with Crippen molar-refractivity contribution < 1.29 is 0 Å². The molecule has 82 valence electrons. The van der Waals surface area contributed by atoms with Crippen LogP contribution in [-0.4, -0.2) is 4.98 Å². The number of rotatable bonds is 1. The van der Waals surface area contributed by atoms with Gasteiger partial charge in [-0.2, -0.15) is 0 Å². The molecule has 2 aromatic rings. The number of aryl methyl sites for hydroxylation is 1. The van der Waals surface area contributed by atoms with E-state index in [9.17, 15) is 0 Å². The van der Waals surface area contributed by atoms with Gasteiger partial charge in [0.1, 0.15) is 0 Å². The van der Waals surface area contributed by atoms with Gasteiger partial charge >= 0.3 is 0 Å². The molecule has 0 bridgehead atoms. The Hall–Kier alpha value is -1.24. The fourth-order valence-corrected chi connectivity index (χ4v) is 2.04. The lowest BCUT2D eigenvalue weighted by Crippen LogP contribution is -1.87. The van der Waals surface area contributed by atoms with Gasteiger partial charge in [0.25, 0.3) is 0 Å². The van der Waals surface area contributed by atoms with Gasteiger partial charge in [0.2, 0.25) is 0 Å². The molecule has 1 aromatic heterocycles. The Morgan fingerprint density at radius 2 is 1.67 bits per heavy atom. The maximum atomic E-state index is 3.41. The van der Waals surface area contributed by atoms with Gasteiger partial charge in [0.05, 0.1) is 0 Å². The highest BCUT2D eigenvalue weighted by molar-refractivity contribution is 5.85. The summed E-state index contributed by atoms with van der Waals surface area (Å²) in [6.07, 6.45) is 0. The van der Waals surface area contributed by atoms with Gasteiger partial charge in [-0.15, -0.1) is 0 Å². The fraction of sp³-hybridized carbons (Fsp3) is 0.429. The van der Waals surface area contributed by atoms with Crippen LogP contribution in [0, 0.1) is 6.92 Å². The third kappa shape index (κ3) is 2.23. The average molecular weight is 203 g/mol. The van der Waals surface area contributed by atoms with E-state index in [4.69, 9.17) is 0 Å². The summed E-state index contributed by atoms with van der Waals surface area (Å²) in [6.45, 7) is 10.6. The van der Waals surface area contributed by atoms with Gasteiger partial charge in [-0.3, -0.25) is 0 Å². The van der Waals surface area contributed by atoms with Crippen LogP contribution < -0.4 is 0 Å². The Morgan fingerprint density at radius 3 is 2.27 bits per heavy atom. The minimum atomic E-state index is 0.594. The summed E-state index contributed by atoms with van der Waals surface area (Å²) >= 11 is 0. The molecule has 0 fully saturated rings. The van der Waals surface area contributed by atoms with E-state index in [1.54, 1.807) is 0 Å².